The summed E-state index contributed by atoms with van der Waals surface area (Å²) >= 11 is 1.99. The van der Waals surface area contributed by atoms with Crippen LogP contribution in [0.3, 0.4) is 0 Å². The molecular weight excluding hydrogens is 311 g/mol. The molecule has 15 heavy (non-hydrogen) atoms. The average Bonchev–Trinajstić information content (AvgIpc) is 2.18. The molecule has 0 saturated heterocycles. The van der Waals surface area contributed by atoms with Crippen molar-refractivity contribution in [2.45, 2.75) is 12.8 Å². The van der Waals surface area contributed by atoms with Gasteiger partial charge in [-0.1, -0.05) is 0 Å². The van der Waals surface area contributed by atoms with Crippen LogP contribution in [0.1, 0.15) is 12.0 Å². The number of rotatable bonds is 4. The van der Waals surface area contributed by atoms with E-state index in [4.69, 9.17) is 5.73 Å². The van der Waals surface area contributed by atoms with Gasteiger partial charge in [0, 0.05) is 15.2 Å². The maximum Gasteiger partial charge on any atom is 0.312 e. The van der Waals surface area contributed by atoms with Crippen molar-refractivity contribution in [1.82, 2.24) is 0 Å². The first-order valence-corrected chi connectivity index (χ1v) is 5.50. The van der Waals surface area contributed by atoms with E-state index in [1.165, 1.54) is 6.07 Å². The molecule has 0 aliphatic heterocycles. The second-order valence-electron chi connectivity index (χ2n) is 3.08. The first kappa shape index (κ1) is 12.2. The fourth-order valence-electron chi connectivity index (χ4n) is 1.26. The van der Waals surface area contributed by atoms with E-state index in [1.807, 2.05) is 22.6 Å². The van der Waals surface area contributed by atoms with Crippen LogP contribution in [0.25, 0.3) is 0 Å². The normalized spacial score (nSPS) is 10.3. The molecule has 1 rings (SSSR count). The predicted molar refractivity (Wildman–Crippen MR) is 64.9 cm³/mol. The summed E-state index contributed by atoms with van der Waals surface area (Å²) in [5, 5.41) is 20.2. The van der Waals surface area contributed by atoms with E-state index in [2.05, 4.69) is 0 Å². The molecule has 3 N–H and O–H groups in total. The van der Waals surface area contributed by atoms with Crippen molar-refractivity contribution in [3.63, 3.8) is 0 Å². The third-order valence-corrected chi connectivity index (χ3v) is 2.60. The minimum absolute atomic E-state index is 0.242. The number of nitro benzene ring substituents is 1. The number of halogens is 1. The predicted octanol–water partition coefficient (Wildman–Crippen LogP) is 1.80. The van der Waals surface area contributed by atoms with Gasteiger partial charge in [-0.2, -0.15) is 0 Å². The zero-order valence-corrected chi connectivity index (χ0v) is 10.1. The zero-order chi connectivity index (χ0) is 11.4. The number of aromatic hydroxyl groups is 1. The molecule has 1 aromatic rings. The molecule has 0 atom stereocenters. The highest BCUT2D eigenvalue weighted by atomic mass is 127. The molecule has 0 bridgehead atoms. The number of hydrogen-bond donors (Lipinski definition) is 2. The number of nitrogens with zero attached hydrogens (tertiary/aromatic N) is 1. The summed E-state index contributed by atoms with van der Waals surface area (Å²) in [6.45, 7) is 0.499. The Hall–Kier alpha value is -0.890. The fraction of sp³-hybridized carbons (Fsp3) is 0.333. The van der Waals surface area contributed by atoms with Crippen molar-refractivity contribution >= 4 is 28.3 Å². The van der Waals surface area contributed by atoms with Crippen LogP contribution in [0.2, 0.25) is 0 Å². The van der Waals surface area contributed by atoms with Gasteiger partial charge >= 0.3 is 5.69 Å². The molecule has 6 heteroatoms. The second kappa shape index (κ2) is 5.26. The Morgan fingerprint density at radius 3 is 2.73 bits per heavy atom. The molecule has 0 radical (unpaired) electrons. The van der Waals surface area contributed by atoms with Gasteiger partial charge in [-0.3, -0.25) is 10.1 Å². The molecule has 0 unspecified atom stereocenters. The topological polar surface area (TPSA) is 89.4 Å². The van der Waals surface area contributed by atoms with Crippen molar-refractivity contribution in [3.05, 3.63) is 31.4 Å². The maximum atomic E-state index is 10.6. The minimum Gasteiger partial charge on any atom is -0.502 e. The Morgan fingerprint density at radius 1 is 1.53 bits per heavy atom. The van der Waals surface area contributed by atoms with Crippen molar-refractivity contribution < 1.29 is 10.0 Å². The number of nitrogens with two attached hydrogens (primary N) is 1. The number of nitro groups is 1. The average molecular weight is 322 g/mol. The maximum absolute atomic E-state index is 10.6. The molecule has 0 heterocycles. The van der Waals surface area contributed by atoms with E-state index >= 15 is 0 Å². The standard InChI is InChI=1S/C9H11IN2O3/c10-7-4-6(2-1-3-11)9(13)8(5-7)12(14)15/h4-5,13H,1-3,11H2. The Balaban J connectivity index is 3.10. The van der Waals surface area contributed by atoms with E-state index < -0.39 is 4.92 Å². The lowest BCUT2D eigenvalue weighted by molar-refractivity contribution is -0.386. The van der Waals surface area contributed by atoms with Gasteiger partial charge in [0.15, 0.2) is 5.75 Å². The molecule has 0 aliphatic carbocycles. The van der Waals surface area contributed by atoms with Crippen LogP contribution in [-0.4, -0.2) is 16.6 Å². The Labute approximate surface area is 101 Å². The van der Waals surface area contributed by atoms with Crippen LogP contribution in [-0.2, 0) is 6.42 Å². The quantitative estimate of drug-likeness (QED) is 0.502. The smallest absolute Gasteiger partial charge is 0.312 e. The summed E-state index contributed by atoms with van der Waals surface area (Å²) in [6.07, 6.45) is 1.25. The Kier molecular flexibility index (Phi) is 4.28. The third kappa shape index (κ3) is 3.03. The highest BCUT2D eigenvalue weighted by Gasteiger charge is 2.17. The van der Waals surface area contributed by atoms with Crippen molar-refractivity contribution in [2.75, 3.05) is 6.54 Å². The van der Waals surface area contributed by atoms with Gasteiger partial charge in [0.25, 0.3) is 0 Å². The third-order valence-electron chi connectivity index (χ3n) is 1.98. The highest BCUT2D eigenvalue weighted by molar-refractivity contribution is 14.1. The highest BCUT2D eigenvalue weighted by Crippen LogP contribution is 2.32. The number of benzene rings is 1. The molecule has 0 spiro atoms. The molecule has 0 fully saturated rings. The summed E-state index contributed by atoms with van der Waals surface area (Å²) in [5.74, 6) is -0.242. The van der Waals surface area contributed by atoms with Crippen LogP contribution in [0.5, 0.6) is 5.75 Å². The molecule has 1 aromatic carbocycles. The van der Waals surface area contributed by atoms with Gasteiger partial charge < -0.3 is 10.8 Å². The summed E-state index contributed by atoms with van der Waals surface area (Å²) in [7, 11) is 0. The molecule has 82 valence electrons. The Bertz CT molecular complexity index is 382. The molecule has 0 amide bonds. The zero-order valence-electron chi connectivity index (χ0n) is 7.94. The molecule has 5 nitrogen and oxygen atoms in total. The van der Waals surface area contributed by atoms with E-state index in [9.17, 15) is 15.2 Å². The summed E-state index contributed by atoms with van der Waals surface area (Å²) < 4.78 is 0.740. The number of hydrogen-bond acceptors (Lipinski definition) is 4. The molecule has 0 aliphatic rings. The second-order valence-corrected chi connectivity index (χ2v) is 4.33. The number of phenolic OH excluding ortho intramolecular Hbond substituents is 1. The van der Waals surface area contributed by atoms with Gasteiger partial charge in [-0.15, -0.1) is 0 Å². The Morgan fingerprint density at radius 2 is 2.20 bits per heavy atom. The fourth-order valence-corrected chi connectivity index (χ4v) is 1.93. The van der Waals surface area contributed by atoms with Gasteiger partial charge in [0.1, 0.15) is 0 Å². The van der Waals surface area contributed by atoms with Crippen LogP contribution in [0, 0.1) is 13.7 Å². The van der Waals surface area contributed by atoms with Gasteiger partial charge in [-0.05, 0) is 48.0 Å². The monoisotopic (exact) mass is 322 g/mol. The summed E-state index contributed by atoms with van der Waals surface area (Å²) in [4.78, 5) is 10.0. The minimum atomic E-state index is -0.580. The SMILES string of the molecule is NCCCc1cc(I)cc([N+](=O)[O-])c1O. The van der Waals surface area contributed by atoms with E-state index in [1.54, 1.807) is 6.07 Å². The van der Waals surface area contributed by atoms with Gasteiger partial charge in [-0.25, -0.2) is 0 Å². The first-order valence-electron chi connectivity index (χ1n) is 4.42. The van der Waals surface area contributed by atoms with E-state index in [0.29, 0.717) is 24.9 Å². The van der Waals surface area contributed by atoms with Crippen LogP contribution in [0.15, 0.2) is 12.1 Å². The lowest BCUT2D eigenvalue weighted by Gasteiger charge is -2.05. The van der Waals surface area contributed by atoms with Crippen molar-refractivity contribution in [2.24, 2.45) is 5.73 Å². The summed E-state index contributed by atoms with van der Waals surface area (Å²) in [6, 6.07) is 3.08. The van der Waals surface area contributed by atoms with Gasteiger partial charge in [0.05, 0.1) is 4.92 Å². The van der Waals surface area contributed by atoms with Crippen LogP contribution in [0.4, 0.5) is 5.69 Å². The number of aryl methyl sites for hydroxylation is 1. The van der Waals surface area contributed by atoms with Gasteiger partial charge in [0.2, 0.25) is 0 Å². The lowest BCUT2D eigenvalue weighted by atomic mass is 10.1. The number of phenols is 1. The van der Waals surface area contributed by atoms with Crippen molar-refractivity contribution in [3.8, 4) is 5.75 Å². The molecular formula is C9H11IN2O3. The van der Waals surface area contributed by atoms with Crippen LogP contribution < -0.4 is 5.73 Å². The lowest BCUT2D eigenvalue weighted by Crippen LogP contribution is -2.01. The van der Waals surface area contributed by atoms with E-state index in [0.717, 1.165) is 3.57 Å². The largest absolute Gasteiger partial charge is 0.502 e. The molecule has 0 saturated carbocycles. The van der Waals surface area contributed by atoms with E-state index in [-0.39, 0.29) is 11.4 Å². The summed E-state index contributed by atoms with van der Waals surface area (Å²) in [5.41, 5.74) is 5.69. The van der Waals surface area contributed by atoms with Crippen LogP contribution >= 0.6 is 22.6 Å². The first-order chi connectivity index (χ1) is 7.06. The molecule has 0 aromatic heterocycles. The van der Waals surface area contributed by atoms with Crippen molar-refractivity contribution in [1.29, 1.82) is 0 Å².